The molecule has 0 unspecified atom stereocenters. The number of pyridine rings is 1. The van der Waals surface area contributed by atoms with Crippen molar-refractivity contribution in [3.63, 3.8) is 0 Å². The molecule has 0 radical (unpaired) electrons. The molecule has 1 aromatic heterocycles. The number of amides is 1. The number of carbonyl (C=O) groups is 2. The number of para-hydroxylation sites is 1. The SMILES string of the molecule is COS(=O)(=O)CCCOc1ccc(C)c(OC(=C(C)C)c2cc[n+](CCCCCN(C)C(=O)CCC=O)c3ccccc23)c1. The number of carbonyl (C=O) groups excluding carboxylic acids is 2. The third-order valence-electron chi connectivity index (χ3n) is 7.35. The van der Waals surface area contributed by atoms with Crippen molar-refractivity contribution in [1.82, 2.24) is 4.90 Å². The second kappa shape index (κ2) is 16.9. The number of hydrogen-bond donors (Lipinski definition) is 0. The molecule has 0 saturated carbocycles. The minimum Gasteiger partial charge on any atom is -0.493 e. The van der Waals surface area contributed by atoms with Crippen molar-refractivity contribution in [2.45, 2.75) is 65.8 Å². The van der Waals surface area contributed by atoms with Crippen LogP contribution in [-0.4, -0.2) is 58.6 Å². The molecule has 0 aliphatic heterocycles. The second-order valence-electron chi connectivity index (χ2n) is 11.0. The molecule has 0 saturated heterocycles. The molecule has 0 fully saturated rings. The van der Waals surface area contributed by atoms with Crippen LogP contribution >= 0.6 is 0 Å². The average molecular weight is 626 g/mol. The van der Waals surface area contributed by atoms with Crippen molar-refractivity contribution in [1.29, 1.82) is 0 Å². The lowest BCUT2D eigenvalue weighted by atomic mass is 10.0. The number of allylic oxidation sites excluding steroid dienone is 1. The summed E-state index contributed by atoms with van der Waals surface area (Å²) in [6.07, 6.45) is 6.60. The van der Waals surface area contributed by atoms with Crippen LogP contribution in [-0.2, 0) is 30.4 Å². The molecule has 0 aliphatic carbocycles. The van der Waals surface area contributed by atoms with E-state index in [1.807, 2.05) is 51.1 Å². The van der Waals surface area contributed by atoms with E-state index in [4.69, 9.17) is 9.47 Å². The van der Waals surface area contributed by atoms with Crippen molar-refractivity contribution in [3.8, 4) is 11.5 Å². The lowest BCUT2D eigenvalue weighted by Crippen LogP contribution is -2.34. The van der Waals surface area contributed by atoms with Gasteiger partial charge in [0, 0.05) is 56.6 Å². The van der Waals surface area contributed by atoms with Crippen molar-refractivity contribution < 1.29 is 36.2 Å². The molecular weight excluding hydrogens is 580 g/mol. The Bertz CT molecular complexity index is 1560. The largest absolute Gasteiger partial charge is 0.493 e. The number of unbranched alkanes of at least 4 members (excludes halogenated alkanes) is 2. The standard InChI is InChI=1S/C34H45N2O7S/c1-26(2)34(43-32-25-28(17-16-27(32)3)42-23-12-24-44(39,40)41-5)30-18-21-36(31-14-8-7-13-29(30)31)20-10-6-9-19-35(4)33(38)15-11-22-37/h7-8,13-14,16-18,21-22,25H,6,9-12,15,19-20,23-24H2,1-5H3/q+1. The van der Waals surface area contributed by atoms with Gasteiger partial charge in [-0.3, -0.25) is 8.98 Å². The van der Waals surface area contributed by atoms with Crippen molar-refractivity contribution in [2.24, 2.45) is 0 Å². The number of aryl methyl sites for hydroxylation is 2. The summed E-state index contributed by atoms with van der Waals surface area (Å²) in [6, 6.07) is 16.0. The molecule has 44 heavy (non-hydrogen) atoms. The maximum Gasteiger partial charge on any atom is 0.267 e. The molecular formula is C34H45N2O7S+. The predicted octanol–water partition coefficient (Wildman–Crippen LogP) is 5.62. The van der Waals surface area contributed by atoms with Gasteiger partial charge in [-0.05, 0) is 63.3 Å². The van der Waals surface area contributed by atoms with E-state index < -0.39 is 10.1 Å². The zero-order valence-electron chi connectivity index (χ0n) is 26.5. The molecule has 1 heterocycles. The molecule has 2 aromatic carbocycles. The first-order valence-corrected chi connectivity index (χ1v) is 16.6. The van der Waals surface area contributed by atoms with Gasteiger partial charge in [-0.2, -0.15) is 13.0 Å². The lowest BCUT2D eigenvalue weighted by molar-refractivity contribution is -0.671. The summed E-state index contributed by atoms with van der Waals surface area (Å²) < 4.78 is 42.3. The highest BCUT2D eigenvalue weighted by Gasteiger charge is 2.19. The molecule has 0 bridgehead atoms. The van der Waals surface area contributed by atoms with Crippen LogP contribution in [0.3, 0.4) is 0 Å². The van der Waals surface area contributed by atoms with Gasteiger partial charge in [0.15, 0.2) is 6.20 Å². The first kappa shape index (κ1) is 34.7. The summed E-state index contributed by atoms with van der Waals surface area (Å²) in [5, 5.41) is 1.08. The van der Waals surface area contributed by atoms with Crippen LogP contribution in [0.25, 0.3) is 16.7 Å². The Labute approximate surface area is 261 Å². The Morgan fingerprint density at radius 2 is 1.80 bits per heavy atom. The number of hydrogen-bond acceptors (Lipinski definition) is 7. The summed E-state index contributed by atoms with van der Waals surface area (Å²) in [5.41, 5.74) is 4.07. The molecule has 3 aromatic rings. The summed E-state index contributed by atoms with van der Waals surface area (Å²) >= 11 is 0. The minimum absolute atomic E-state index is 0.00960. The van der Waals surface area contributed by atoms with E-state index >= 15 is 0 Å². The summed E-state index contributed by atoms with van der Waals surface area (Å²) in [7, 11) is -0.568. The number of benzene rings is 2. The van der Waals surface area contributed by atoms with Crippen LogP contribution < -0.4 is 14.0 Å². The zero-order valence-corrected chi connectivity index (χ0v) is 27.3. The molecule has 1 amide bonds. The van der Waals surface area contributed by atoms with Gasteiger partial charge in [-0.15, -0.1) is 0 Å². The second-order valence-corrected chi connectivity index (χ2v) is 12.9. The van der Waals surface area contributed by atoms with Gasteiger partial charge in [0.25, 0.3) is 10.1 Å². The summed E-state index contributed by atoms with van der Waals surface area (Å²) in [5.74, 6) is 1.93. The fourth-order valence-corrected chi connectivity index (χ4v) is 5.45. The summed E-state index contributed by atoms with van der Waals surface area (Å²) in [4.78, 5) is 24.3. The highest BCUT2D eigenvalue weighted by molar-refractivity contribution is 7.86. The molecule has 9 nitrogen and oxygen atoms in total. The van der Waals surface area contributed by atoms with Gasteiger partial charge in [-0.1, -0.05) is 18.2 Å². The molecule has 0 N–H and O–H groups in total. The van der Waals surface area contributed by atoms with Crippen LogP contribution in [0, 0.1) is 6.92 Å². The number of aldehydes is 1. The Morgan fingerprint density at radius 1 is 1.02 bits per heavy atom. The number of fused-ring (bicyclic) bond motifs is 1. The van der Waals surface area contributed by atoms with Crippen LogP contribution in [0.1, 0.15) is 63.5 Å². The molecule has 0 spiro atoms. The third kappa shape index (κ3) is 10.2. The highest BCUT2D eigenvalue weighted by Crippen LogP contribution is 2.32. The topological polar surface area (TPSA) is 103 Å². The van der Waals surface area contributed by atoms with Crippen molar-refractivity contribution in [2.75, 3.05) is 33.1 Å². The lowest BCUT2D eigenvalue weighted by Gasteiger charge is -2.17. The third-order valence-corrected chi connectivity index (χ3v) is 8.65. The van der Waals surface area contributed by atoms with Gasteiger partial charge in [0.05, 0.1) is 24.9 Å². The first-order chi connectivity index (χ1) is 21.1. The maximum atomic E-state index is 12.0. The molecule has 3 rings (SSSR count). The van der Waals surface area contributed by atoms with Gasteiger partial charge >= 0.3 is 0 Å². The van der Waals surface area contributed by atoms with E-state index in [-0.39, 0.29) is 31.1 Å². The van der Waals surface area contributed by atoms with E-state index in [1.165, 1.54) is 0 Å². The maximum absolute atomic E-state index is 12.0. The first-order valence-electron chi connectivity index (χ1n) is 15.0. The van der Waals surface area contributed by atoms with Crippen molar-refractivity contribution >= 4 is 39.0 Å². The summed E-state index contributed by atoms with van der Waals surface area (Å²) in [6.45, 7) is 7.79. The number of rotatable bonds is 18. The van der Waals surface area contributed by atoms with E-state index in [2.05, 4.69) is 33.1 Å². The molecule has 0 aliphatic rings. The zero-order chi connectivity index (χ0) is 32.1. The van der Waals surface area contributed by atoms with E-state index in [1.54, 1.807) is 11.9 Å². The van der Waals surface area contributed by atoms with E-state index in [9.17, 15) is 18.0 Å². The van der Waals surface area contributed by atoms with Crippen LogP contribution in [0.4, 0.5) is 0 Å². The van der Waals surface area contributed by atoms with Crippen LogP contribution in [0.15, 0.2) is 60.3 Å². The van der Waals surface area contributed by atoms with E-state index in [0.717, 1.165) is 72.6 Å². The quantitative estimate of drug-likeness (QED) is 0.0595. The minimum atomic E-state index is -3.52. The van der Waals surface area contributed by atoms with Gasteiger partial charge in [0.2, 0.25) is 11.4 Å². The Morgan fingerprint density at radius 3 is 2.52 bits per heavy atom. The monoisotopic (exact) mass is 625 g/mol. The van der Waals surface area contributed by atoms with E-state index in [0.29, 0.717) is 24.5 Å². The predicted molar refractivity (Wildman–Crippen MR) is 172 cm³/mol. The fraction of sp³-hybridized carbons (Fsp3) is 0.441. The average Bonchev–Trinajstić information content (AvgIpc) is 3.01. The van der Waals surface area contributed by atoms with Crippen LogP contribution in [0.5, 0.6) is 11.5 Å². The number of nitrogens with zero attached hydrogens (tertiary/aromatic N) is 2. The fourth-order valence-electron chi connectivity index (χ4n) is 4.81. The van der Waals surface area contributed by atoms with Crippen molar-refractivity contribution in [3.05, 3.63) is 71.4 Å². The molecule has 238 valence electrons. The molecule has 0 atom stereocenters. The van der Waals surface area contributed by atoms with Crippen LogP contribution in [0.2, 0.25) is 0 Å². The van der Waals surface area contributed by atoms with Gasteiger partial charge in [0.1, 0.15) is 30.1 Å². The number of ether oxygens (including phenoxy) is 2. The normalized spacial score (nSPS) is 11.3. The Hall–Kier alpha value is -3.76. The Balaban J connectivity index is 1.71. The Kier molecular flexibility index (Phi) is 13.4. The van der Waals surface area contributed by atoms with Gasteiger partial charge in [-0.25, -0.2) is 0 Å². The highest BCUT2D eigenvalue weighted by atomic mass is 32.2. The molecule has 10 heteroatoms. The number of aromatic nitrogens is 1. The smallest absolute Gasteiger partial charge is 0.267 e. The van der Waals surface area contributed by atoms with Gasteiger partial charge < -0.3 is 19.2 Å².